The van der Waals surface area contributed by atoms with Crippen LogP contribution in [-0.4, -0.2) is 5.11 Å². The highest BCUT2D eigenvalue weighted by Gasteiger charge is 2.24. The average molecular weight is 625 g/mol. The molecule has 5 heteroatoms. The first-order valence-corrected chi connectivity index (χ1v) is 16.4. The fraction of sp³-hybridized carbons (Fsp3) is 0. The second-order valence-electron chi connectivity index (χ2n) is 11.6. The SMILES string of the molecule is Oc1ccc(N(c2ccccc2)c2ccc3c(c2)oc2ccccc23)c(N(c2ccccc2)c2ccc3c(c2)sc2ccccc23)c1. The number of anilines is 6. The first-order chi connectivity index (χ1) is 23.2. The highest BCUT2D eigenvalue weighted by atomic mass is 32.1. The van der Waals surface area contributed by atoms with Crippen LogP contribution >= 0.6 is 11.3 Å². The molecular formula is C42H28N2O2S. The maximum atomic E-state index is 11.0. The van der Waals surface area contributed by atoms with Gasteiger partial charge in [0.2, 0.25) is 0 Å². The second-order valence-corrected chi connectivity index (χ2v) is 12.7. The lowest BCUT2D eigenvalue weighted by Crippen LogP contribution is -2.16. The monoisotopic (exact) mass is 624 g/mol. The number of fused-ring (bicyclic) bond motifs is 6. The normalized spacial score (nSPS) is 11.5. The van der Waals surface area contributed by atoms with E-state index >= 15 is 0 Å². The van der Waals surface area contributed by atoms with Crippen molar-refractivity contribution in [1.29, 1.82) is 0 Å². The van der Waals surface area contributed by atoms with Crippen LogP contribution in [-0.2, 0) is 0 Å². The van der Waals surface area contributed by atoms with Crippen LogP contribution in [0.1, 0.15) is 0 Å². The Morgan fingerprint density at radius 2 is 0.979 bits per heavy atom. The van der Waals surface area contributed by atoms with Crippen molar-refractivity contribution in [3.8, 4) is 5.75 Å². The summed E-state index contributed by atoms with van der Waals surface area (Å²) in [5, 5.41) is 15.7. The molecule has 1 N–H and O–H groups in total. The summed E-state index contributed by atoms with van der Waals surface area (Å²) >= 11 is 1.80. The van der Waals surface area contributed by atoms with Gasteiger partial charge in [0.1, 0.15) is 16.9 Å². The molecule has 9 rings (SSSR count). The first-order valence-electron chi connectivity index (χ1n) is 15.6. The lowest BCUT2D eigenvalue weighted by atomic mass is 10.1. The van der Waals surface area contributed by atoms with Gasteiger partial charge < -0.3 is 19.3 Å². The first kappa shape index (κ1) is 27.3. The molecule has 0 amide bonds. The number of benzene rings is 7. The Bertz CT molecular complexity index is 2550. The molecule has 0 atom stereocenters. The maximum absolute atomic E-state index is 11.0. The van der Waals surface area contributed by atoms with Gasteiger partial charge in [0.05, 0.1) is 11.4 Å². The predicted octanol–water partition coefficient (Wildman–Crippen LogP) is 12.6. The topological polar surface area (TPSA) is 39.9 Å². The third-order valence-corrected chi connectivity index (χ3v) is 9.84. The molecule has 0 radical (unpaired) electrons. The average Bonchev–Trinajstić information content (AvgIpc) is 3.68. The minimum absolute atomic E-state index is 0.188. The molecule has 2 aromatic heterocycles. The van der Waals surface area contributed by atoms with E-state index in [1.165, 1.54) is 20.2 Å². The molecule has 0 unspecified atom stereocenters. The molecule has 7 aromatic carbocycles. The lowest BCUT2D eigenvalue weighted by molar-refractivity contribution is 0.475. The van der Waals surface area contributed by atoms with E-state index in [9.17, 15) is 5.11 Å². The van der Waals surface area contributed by atoms with E-state index in [0.29, 0.717) is 0 Å². The lowest BCUT2D eigenvalue weighted by Gasteiger charge is -2.33. The summed E-state index contributed by atoms with van der Waals surface area (Å²) in [4.78, 5) is 4.46. The van der Waals surface area contributed by atoms with Crippen LogP contribution in [0.2, 0.25) is 0 Å². The molecule has 0 fully saturated rings. The van der Waals surface area contributed by atoms with Crippen LogP contribution < -0.4 is 9.80 Å². The van der Waals surface area contributed by atoms with Crippen molar-refractivity contribution < 1.29 is 9.52 Å². The van der Waals surface area contributed by atoms with Crippen molar-refractivity contribution in [3.63, 3.8) is 0 Å². The number of furan rings is 1. The molecule has 0 aliphatic heterocycles. The molecular weight excluding hydrogens is 597 g/mol. The van der Waals surface area contributed by atoms with Crippen LogP contribution in [0.5, 0.6) is 5.75 Å². The Kier molecular flexibility index (Phi) is 6.44. The summed E-state index contributed by atoms with van der Waals surface area (Å²) in [6.45, 7) is 0. The van der Waals surface area contributed by atoms with Crippen LogP contribution in [0.25, 0.3) is 42.1 Å². The Labute approximate surface area is 275 Å². The third kappa shape index (κ3) is 4.68. The van der Waals surface area contributed by atoms with E-state index in [4.69, 9.17) is 4.42 Å². The number of rotatable bonds is 6. The van der Waals surface area contributed by atoms with Crippen molar-refractivity contribution in [3.05, 3.63) is 164 Å². The minimum atomic E-state index is 0.188. The van der Waals surface area contributed by atoms with Gasteiger partial charge in [-0.25, -0.2) is 0 Å². The fourth-order valence-electron chi connectivity index (χ4n) is 6.60. The number of para-hydroxylation sites is 3. The van der Waals surface area contributed by atoms with Gasteiger partial charge in [-0.3, -0.25) is 0 Å². The van der Waals surface area contributed by atoms with Gasteiger partial charge in [0.25, 0.3) is 0 Å². The van der Waals surface area contributed by atoms with Crippen molar-refractivity contribution in [2.45, 2.75) is 0 Å². The summed E-state index contributed by atoms with van der Waals surface area (Å²) in [6, 6.07) is 56.0. The van der Waals surface area contributed by atoms with Gasteiger partial charge in [0.15, 0.2) is 0 Å². The largest absolute Gasteiger partial charge is 0.508 e. The fourth-order valence-corrected chi connectivity index (χ4v) is 7.74. The number of hydrogen-bond donors (Lipinski definition) is 1. The van der Waals surface area contributed by atoms with Gasteiger partial charge >= 0.3 is 0 Å². The number of nitrogens with zero attached hydrogens (tertiary/aromatic N) is 2. The van der Waals surface area contributed by atoms with Gasteiger partial charge in [-0.15, -0.1) is 11.3 Å². The van der Waals surface area contributed by atoms with E-state index in [1.54, 1.807) is 17.4 Å². The number of phenols is 1. The molecule has 0 aliphatic rings. The standard InChI is InChI=1S/C42H28N2O2S/c45-32-21-24-37(43(28-11-3-1-4-12-28)30-19-22-34-33-15-7-9-17-39(33)46-40(34)25-30)38(27-32)44(29-13-5-2-6-14-29)31-20-23-36-35-16-8-10-18-41(35)47-42(36)26-31/h1-27,45H. The maximum Gasteiger partial charge on any atom is 0.137 e. The second kappa shape index (κ2) is 11.1. The number of thiophene rings is 1. The zero-order valence-electron chi connectivity index (χ0n) is 25.2. The minimum Gasteiger partial charge on any atom is -0.508 e. The summed E-state index contributed by atoms with van der Waals surface area (Å²) in [6.07, 6.45) is 0. The smallest absolute Gasteiger partial charge is 0.137 e. The van der Waals surface area contributed by atoms with Gasteiger partial charge in [-0.1, -0.05) is 78.9 Å². The van der Waals surface area contributed by atoms with E-state index < -0.39 is 0 Å². The molecule has 0 spiro atoms. The molecule has 47 heavy (non-hydrogen) atoms. The number of hydrogen-bond acceptors (Lipinski definition) is 5. The van der Waals surface area contributed by atoms with Gasteiger partial charge in [-0.05, 0) is 72.8 Å². The zero-order valence-corrected chi connectivity index (χ0v) is 26.1. The summed E-state index contributed by atoms with van der Waals surface area (Å²) < 4.78 is 8.81. The quantitative estimate of drug-likeness (QED) is 0.200. The van der Waals surface area contributed by atoms with Crippen LogP contribution in [0.3, 0.4) is 0 Å². The van der Waals surface area contributed by atoms with E-state index in [0.717, 1.165) is 56.1 Å². The highest BCUT2D eigenvalue weighted by Crippen LogP contribution is 2.48. The molecule has 9 aromatic rings. The number of aromatic hydroxyl groups is 1. The molecule has 0 aliphatic carbocycles. The van der Waals surface area contributed by atoms with Crippen LogP contribution in [0.4, 0.5) is 34.1 Å². The Hall–Kier alpha value is -6.04. The molecule has 0 bridgehead atoms. The van der Waals surface area contributed by atoms with Crippen LogP contribution in [0, 0.1) is 0 Å². The molecule has 2 heterocycles. The van der Waals surface area contributed by atoms with Crippen molar-refractivity contribution in [2.24, 2.45) is 0 Å². The van der Waals surface area contributed by atoms with E-state index in [2.05, 4.69) is 101 Å². The van der Waals surface area contributed by atoms with Gasteiger partial charge in [0, 0.05) is 65.8 Å². The number of phenolic OH excluding ortho intramolecular Hbond substituents is 1. The van der Waals surface area contributed by atoms with Crippen LogP contribution in [0.15, 0.2) is 168 Å². The Morgan fingerprint density at radius 3 is 1.74 bits per heavy atom. The summed E-state index contributed by atoms with van der Waals surface area (Å²) in [5.74, 6) is 0.188. The highest BCUT2D eigenvalue weighted by molar-refractivity contribution is 7.25. The predicted molar refractivity (Wildman–Crippen MR) is 198 cm³/mol. The Morgan fingerprint density at radius 1 is 0.404 bits per heavy atom. The zero-order chi connectivity index (χ0) is 31.3. The molecule has 0 saturated heterocycles. The third-order valence-electron chi connectivity index (χ3n) is 8.71. The van der Waals surface area contributed by atoms with E-state index in [1.807, 2.05) is 66.7 Å². The Balaban J connectivity index is 1.28. The van der Waals surface area contributed by atoms with Crippen molar-refractivity contribution in [2.75, 3.05) is 9.80 Å². The summed E-state index contributed by atoms with van der Waals surface area (Å²) in [7, 11) is 0. The molecule has 0 saturated carbocycles. The van der Waals surface area contributed by atoms with Gasteiger partial charge in [-0.2, -0.15) is 0 Å². The van der Waals surface area contributed by atoms with Crippen molar-refractivity contribution >= 4 is 87.6 Å². The van der Waals surface area contributed by atoms with E-state index in [-0.39, 0.29) is 5.75 Å². The molecule has 4 nitrogen and oxygen atoms in total. The summed E-state index contributed by atoms with van der Waals surface area (Å²) in [5.41, 5.74) is 7.35. The van der Waals surface area contributed by atoms with Crippen molar-refractivity contribution in [1.82, 2.24) is 0 Å². The molecule has 224 valence electrons.